The number of hydrogen-bond acceptors (Lipinski definition) is 2. The highest BCUT2D eigenvalue weighted by Crippen LogP contribution is 2.37. The smallest absolute Gasteiger partial charge is 0.166 e. The molecule has 1 aromatic rings. The van der Waals surface area contributed by atoms with Crippen molar-refractivity contribution in [3.8, 4) is 5.75 Å². The van der Waals surface area contributed by atoms with Crippen molar-refractivity contribution in [2.45, 2.75) is 31.5 Å². The topological polar surface area (TPSA) is 31.2 Å². The normalized spacial score (nSPS) is 30.0. The van der Waals surface area contributed by atoms with Gasteiger partial charge >= 0.3 is 0 Å². The van der Waals surface area contributed by atoms with Crippen LogP contribution in [0.15, 0.2) is 30.3 Å². The zero-order valence-electron chi connectivity index (χ0n) is 8.15. The lowest BCUT2D eigenvalue weighted by molar-refractivity contribution is 0.286. The van der Waals surface area contributed by atoms with Gasteiger partial charge in [0, 0.05) is 0 Å². The zero-order chi connectivity index (χ0) is 9.38. The predicted octanol–water partition coefficient (Wildman–Crippen LogP) is 2.16. The first-order valence-corrected chi connectivity index (χ1v) is 5.39. The molecule has 0 spiro atoms. The molecular formula is C12H15NO. The summed E-state index contributed by atoms with van der Waals surface area (Å²) in [5, 5.41) is 3.37. The van der Waals surface area contributed by atoms with E-state index >= 15 is 0 Å². The maximum atomic E-state index is 5.76. The number of para-hydroxylation sites is 1. The highest BCUT2D eigenvalue weighted by atomic mass is 16.5. The van der Waals surface area contributed by atoms with Crippen LogP contribution in [0.3, 0.4) is 0 Å². The standard InChI is InChI=1S/C12H15NO/c1-2-4-10(5-3-1)14-12-11(13-12)8-9-6-7-9/h1-5,9,11-13H,6-8H2. The number of rotatable bonds is 4. The Bertz CT molecular complexity index is 307. The Balaban J connectivity index is 1.50. The molecule has 14 heavy (non-hydrogen) atoms. The molecule has 1 saturated heterocycles. The lowest BCUT2D eigenvalue weighted by atomic mass is 10.2. The van der Waals surface area contributed by atoms with E-state index in [9.17, 15) is 0 Å². The largest absolute Gasteiger partial charge is 0.474 e. The Kier molecular flexibility index (Phi) is 1.95. The average molecular weight is 189 g/mol. The average Bonchev–Trinajstić information content (AvgIpc) is 3.09. The molecule has 1 heterocycles. The number of benzene rings is 1. The highest BCUT2D eigenvalue weighted by molar-refractivity contribution is 5.22. The summed E-state index contributed by atoms with van der Waals surface area (Å²) < 4.78 is 5.76. The summed E-state index contributed by atoms with van der Waals surface area (Å²) in [6.45, 7) is 0. The Morgan fingerprint density at radius 2 is 2.00 bits per heavy atom. The minimum atomic E-state index is 0.276. The van der Waals surface area contributed by atoms with Crippen molar-refractivity contribution in [3.63, 3.8) is 0 Å². The molecule has 2 heteroatoms. The fourth-order valence-corrected chi connectivity index (χ4v) is 1.82. The Hall–Kier alpha value is -1.02. The molecule has 0 bridgehead atoms. The van der Waals surface area contributed by atoms with E-state index < -0.39 is 0 Å². The second kappa shape index (κ2) is 3.28. The van der Waals surface area contributed by atoms with Crippen LogP contribution < -0.4 is 10.1 Å². The third kappa shape index (κ3) is 1.90. The van der Waals surface area contributed by atoms with Crippen LogP contribution in [0.4, 0.5) is 0 Å². The van der Waals surface area contributed by atoms with E-state index in [4.69, 9.17) is 4.74 Å². The highest BCUT2D eigenvalue weighted by Gasteiger charge is 2.42. The van der Waals surface area contributed by atoms with Gasteiger partial charge in [0.2, 0.25) is 0 Å². The van der Waals surface area contributed by atoms with Gasteiger partial charge in [-0.2, -0.15) is 0 Å². The number of nitrogens with one attached hydrogen (secondary N) is 1. The molecule has 2 unspecified atom stereocenters. The zero-order valence-corrected chi connectivity index (χ0v) is 8.15. The van der Waals surface area contributed by atoms with Gasteiger partial charge in [0.15, 0.2) is 6.23 Å². The van der Waals surface area contributed by atoms with E-state index in [1.54, 1.807) is 0 Å². The maximum absolute atomic E-state index is 5.76. The molecule has 74 valence electrons. The Morgan fingerprint density at radius 3 is 2.71 bits per heavy atom. The van der Waals surface area contributed by atoms with Crippen molar-refractivity contribution in [3.05, 3.63) is 30.3 Å². The predicted molar refractivity (Wildman–Crippen MR) is 55.1 cm³/mol. The van der Waals surface area contributed by atoms with Crippen LogP contribution in [0.25, 0.3) is 0 Å². The van der Waals surface area contributed by atoms with Crippen LogP contribution in [-0.4, -0.2) is 12.3 Å². The molecule has 3 rings (SSSR count). The van der Waals surface area contributed by atoms with E-state index in [0.717, 1.165) is 11.7 Å². The molecule has 0 amide bonds. The lowest BCUT2D eigenvalue weighted by Gasteiger charge is -2.02. The molecule has 2 fully saturated rings. The van der Waals surface area contributed by atoms with Gasteiger partial charge in [0.25, 0.3) is 0 Å². The van der Waals surface area contributed by atoms with Crippen molar-refractivity contribution >= 4 is 0 Å². The summed E-state index contributed by atoms with van der Waals surface area (Å²) >= 11 is 0. The minimum Gasteiger partial charge on any atom is -0.474 e. The third-order valence-corrected chi connectivity index (χ3v) is 2.93. The summed E-state index contributed by atoms with van der Waals surface area (Å²) in [6.07, 6.45) is 4.43. The first kappa shape index (κ1) is 8.30. The van der Waals surface area contributed by atoms with Crippen molar-refractivity contribution < 1.29 is 4.74 Å². The van der Waals surface area contributed by atoms with E-state index in [0.29, 0.717) is 6.04 Å². The van der Waals surface area contributed by atoms with Crippen LogP contribution in [-0.2, 0) is 0 Å². The molecule has 2 aliphatic rings. The van der Waals surface area contributed by atoms with Gasteiger partial charge in [0.05, 0.1) is 6.04 Å². The third-order valence-electron chi connectivity index (χ3n) is 2.93. The van der Waals surface area contributed by atoms with Gasteiger partial charge in [-0.15, -0.1) is 0 Å². The summed E-state index contributed by atoms with van der Waals surface area (Å²) in [6, 6.07) is 10.7. The minimum absolute atomic E-state index is 0.276. The van der Waals surface area contributed by atoms with Crippen LogP contribution in [0.5, 0.6) is 5.75 Å². The fraction of sp³-hybridized carbons (Fsp3) is 0.500. The van der Waals surface area contributed by atoms with Crippen molar-refractivity contribution in [2.75, 3.05) is 0 Å². The monoisotopic (exact) mass is 189 g/mol. The van der Waals surface area contributed by atoms with E-state index in [2.05, 4.69) is 5.32 Å². The molecule has 1 aliphatic carbocycles. The van der Waals surface area contributed by atoms with E-state index in [-0.39, 0.29) is 6.23 Å². The first-order valence-electron chi connectivity index (χ1n) is 5.39. The molecule has 1 saturated carbocycles. The SMILES string of the molecule is c1ccc(OC2NC2CC2CC2)cc1. The van der Waals surface area contributed by atoms with Crippen molar-refractivity contribution in [2.24, 2.45) is 5.92 Å². The molecule has 1 N–H and O–H groups in total. The van der Waals surface area contributed by atoms with Crippen LogP contribution in [0.1, 0.15) is 19.3 Å². The molecule has 1 aromatic carbocycles. The second-order valence-electron chi connectivity index (χ2n) is 4.30. The Labute approximate surface area is 84.3 Å². The van der Waals surface area contributed by atoms with Gasteiger partial charge in [-0.1, -0.05) is 31.0 Å². The molecule has 0 aromatic heterocycles. The second-order valence-corrected chi connectivity index (χ2v) is 4.30. The first-order chi connectivity index (χ1) is 6.92. The van der Waals surface area contributed by atoms with E-state index in [1.165, 1.54) is 19.3 Å². The maximum Gasteiger partial charge on any atom is 0.166 e. The van der Waals surface area contributed by atoms with Crippen LogP contribution >= 0.6 is 0 Å². The van der Waals surface area contributed by atoms with Crippen molar-refractivity contribution in [1.29, 1.82) is 0 Å². The van der Waals surface area contributed by atoms with Gasteiger partial charge in [-0.05, 0) is 24.5 Å². The molecular weight excluding hydrogens is 174 g/mol. The lowest BCUT2D eigenvalue weighted by Crippen LogP contribution is -2.04. The molecule has 0 radical (unpaired) electrons. The fourth-order valence-electron chi connectivity index (χ4n) is 1.82. The molecule has 1 aliphatic heterocycles. The molecule has 2 nitrogen and oxygen atoms in total. The summed E-state index contributed by atoms with van der Waals surface area (Å²) in [5.74, 6) is 1.96. The van der Waals surface area contributed by atoms with Crippen LogP contribution in [0.2, 0.25) is 0 Å². The quantitative estimate of drug-likeness (QED) is 0.736. The summed E-state index contributed by atoms with van der Waals surface area (Å²) in [7, 11) is 0. The number of ether oxygens (including phenoxy) is 1. The van der Waals surface area contributed by atoms with E-state index in [1.807, 2.05) is 30.3 Å². The number of hydrogen-bond donors (Lipinski definition) is 1. The summed E-state index contributed by atoms with van der Waals surface area (Å²) in [5.41, 5.74) is 0. The van der Waals surface area contributed by atoms with Gasteiger partial charge < -0.3 is 4.74 Å². The summed E-state index contributed by atoms with van der Waals surface area (Å²) in [4.78, 5) is 0. The van der Waals surface area contributed by atoms with Gasteiger partial charge in [-0.25, -0.2) is 0 Å². The van der Waals surface area contributed by atoms with Gasteiger partial charge in [-0.3, -0.25) is 5.32 Å². The van der Waals surface area contributed by atoms with Crippen LogP contribution in [0, 0.1) is 5.92 Å². The van der Waals surface area contributed by atoms with Crippen molar-refractivity contribution in [1.82, 2.24) is 5.32 Å². The van der Waals surface area contributed by atoms with Gasteiger partial charge in [0.1, 0.15) is 5.75 Å². The Morgan fingerprint density at radius 1 is 1.21 bits per heavy atom. The molecule has 2 atom stereocenters.